The van der Waals surface area contributed by atoms with Gasteiger partial charge in [-0.3, -0.25) is 0 Å². The Morgan fingerprint density at radius 2 is 2.07 bits per heavy atom. The van der Waals surface area contributed by atoms with E-state index in [1.807, 2.05) is 19.2 Å². The van der Waals surface area contributed by atoms with Crippen molar-refractivity contribution >= 4 is 0 Å². The fourth-order valence-corrected chi connectivity index (χ4v) is 1.91. The van der Waals surface area contributed by atoms with Crippen molar-refractivity contribution in [2.75, 3.05) is 7.05 Å². The van der Waals surface area contributed by atoms with Gasteiger partial charge in [-0.2, -0.15) is 5.26 Å². The van der Waals surface area contributed by atoms with E-state index in [2.05, 4.69) is 37.4 Å². The smallest absolute Gasteiger partial charge is 0.0675 e. The molecule has 0 spiro atoms. The van der Waals surface area contributed by atoms with E-state index in [1.165, 1.54) is 11.1 Å². The molecule has 0 saturated carbocycles. The van der Waals surface area contributed by atoms with E-state index < -0.39 is 0 Å². The molecule has 0 radical (unpaired) electrons. The van der Waals surface area contributed by atoms with Gasteiger partial charge >= 0.3 is 0 Å². The largest absolute Gasteiger partial charge is 0.312 e. The summed E-state index contributed by atoms with van der Waals surface area (Å²) in [5.74, 6) is 0.0381. The summed E-state index contributed by atoms with van der Waals surface area (Å²) in [6.07, 6.45) is 0.871. The average Bonchev–Trinajstić information content (AvgIpc) is 2.27. The number of nitrogens with one attached hydrogen (secondary N) is 1. The van der Waals surface area contributed by atoms with Crippen LogP contribution in [0.3, 0.4) is 0 Å². The summed E-state index contributed by atoms with van der Waals surface area (Å²) in [7, 11) is 1.91. The Bertz CT molecular complexity index is 352. The number of hydrogen-bond donors (Lipinski definition) is 1. The lowest BCUT2D eigenvalue weighted by atomic mass is 9.90. The van der Waals surface area contributed by atoms with Crippen LogP contribution in [0.5, 0.6) is 0 Å². The van der Waals surface area contributed by atoms with Gasteiger partial charge < -0.3 is 5.32 Å². The molecular weight excluding hydrogens is 184 g/mol. The molecule has 0 aliphatic carbocycles. The Hall–Kier alpha value is -1.33. The normalized spacial score (nSPS) is 14.3. The van der Waals surface area contributed by atoms with Crippen molar-refractivity contribution in [1.82, 2.24) is 5.32 Å². The van der Waals surface area contributed by atoms with E-state index in [-0.39, 0.29) is 12.0 Å². The molecule has 0 fully saturated rings. The first-order valence-corrected chi connectivity index (χ1v) is 5.37. The molecule has 0 heterocycles. The van der Waals surface area contributed by atoms with Gasteiger partial charge in [0.1, 0.15) is 0 Å². The molecule has 0 aliphatic rings. The molecule has 2 unspecified atom stereocenters. The molecule has 0 bridgehead atoms. The molecule has 2 atom stereocenters. The minimum absolute atomic E-state index is 0.0381. The second-order valence-electron chi connectivity index (χ2n) is 3.77. The topological polar surface area (TPSA) is 35.8 Å². The Kier molecular flexibility index (Phi) is 4.33. The van der Waals surface area contributed by atoms with Gasteiger partial charge in [0.25, 0.3) is 0 Å². The second kappa shape index (κ2) is 5.53. The SMILES string of the molecule is CCC(C#N)C(NC)c1ccccc1C. The first-order valence-electron chi connectivity index (χ1n) is 5.37. The van der Waals surface area contributed by atoms with Crippen molar-refractivity contribution in [2.24, 2.45) is 5.92 Å². The molecule has 0 aliphatic heterocycles. The summed E-state index contributed by atoms with van der Waals surface area (Å²) >= 11 is 0. The summed E-state index contributed by atoms with van der Waals surface area (Å²) in [4.78, 5) is 0. The number of nitriles is 1. The van der Waals surface area contributed by atoms with Crippen molar-refractivity contribution in [2.45, 2.75) is 26.3 Å². The number of rotatable bonds is 4. The third-order valence-corrected chi connectivity index (χ3v) is 2.84. The van der Waals surface area contributed by atoms with Gasteiger partial charge in [0.2, 0.25) is 0 Å². The molecule has 1 aromatic rings. The quantitative estimate of drug-likeness (QED) is 0.815. The van der Waals surface area contributed by atoms with Gasteiger partial charge in [-0.05, 0) is 31.5 Å². The molecule has 2 nitrogen and oxygen atoms in total. The first-order chi connectivity index (χ1) is 7.24. The van der Waals surface area contributed by atoms with Gasteiger partial charge in [0.15, 0.2) is 0 Å². The second-order valence-corrected chi connectivity index (χ2v) is 3.77. The van der Waals surface area contributed by atoms with E-state index in [0.29, 0.717) is 0 Å². The van der Waals surface area contributed by atoms with Gasteiger partial charge in [-0.25, -0.2) is 0 Å². The van der Waals surface area contributed by atoms with Crippen LogP contribution in [-0.2, 0) is 0 Å². The van der Waals surface area contributed by atoms with Crippen molar-refractivity contribution < 1.29 is 0 Å². The van der Waals surface area contributed by atoms with Gasteiger partial charge in [-0.15, -0.1) is 0 Å². The number of benzene rings is 1. The zero-order valence-corrected chi connectivity index (χ0v) is 9.62. The highest BCUT2D eigenvalue weighted by Gasteiger charge is 2.20. The maximum absolute atomic E-state index is 9.09. The molecule has 1 N–H and O–H groups in total. The molecule has 0 saturated heterocycles. The summed E-state index contributed by atoms with van der Waals surface area (Å²) in [5.41, 5.74) is 2.47. The van der Waals surface area contributed by atoms with Crippen molar-refractivity contribution in [1.29, 1.82) is 5.26 Å². The Balaban J connectivity index is 3.03. The molecule has 2 heteroatoms. The van der Waals surface area contributed by atoms with Crippen LogP contribution in [0.4, 0.5) is 0 Å². The van der Waals surface area contributed by atoms with Gasteiger partial charge in [0.05, 0.1) is 12.0 Å². The lowest BCUT2D eigenvalue weighted by Crippen LogP contribution is -2.24. The van der Waals surface area contributed by atoms with E-state index in [1.54, 1.807) is 0 Å². The molecule has 0 aromatic heterocycles. The number of aryl methyl sites for hydroxylation is 1. The standard InChI is InChI=1S/C13H18N2/c1-4-11(9-14)13(15-3)12-8-6-5-7-10(12)2/h5-8,11,13,15H,4H2,1-3H3. The van der Waals surface area contributed by atoms with Crippen LogP contribution in [0.1, 0.15) is 30.5 Å². The molecule has 1 aromatic carbocycles. The highest BCUT2D eigenvalue weighted by Crippen LogP contribution is 2.26. The van der Waals surface area contributed by atoms with Crippen LogP contribution < -0.4 is 5.32 Å². The Morgan fingerprint density at radius 1 is 1.40 bits per heavy atom. The molecule has 0 amide bonds. The maximum Gasteiger partial charge on any atom is 0.0675 e. The molecule has 80 valence electrons. The van der Waals surface area contributed by atoms with Crippen LogP contribution in [0.2, 0.25) is 0 Å². The third kappa shape index (κ3) is 2.57. The fraction of sp³-hybridized carbons (Fsp3) is 0.462. The first kappa shape index (κ1) is 11.7. The average molecular weight is 202 g/mol. The highest BCUT2D eigenvalue weighted by atomic mass is 14.9. The minimum atomic E-state index is 0.0381. The maximum atomic E-state index is 9.09. The Morgan fingerprint density at radius 3 is 2.53 bits per heavy atom. The lowest BCUT2D eigenvalue weighted by Gasteiger charge is -2.22. The summed E-state index contributed by atoms with van der Waals surface area (Å²) in [5, 5.41) is 12.3. The molecule has 1 rings (SSSR count). The lowest BCUT2D eigenvalue weighted by molar-refractivity contribution is 0.447. The molecule has 15 heavy (non-hydrogen) atoms. The monoisotopic (exact) mass is 202 g/mol. The Labute approximate surface area is 91.9 Å². The summed E-state index contributed by atoms with van der Waals surface area (Å²) < 4.78 is 0. The van der Waals surface area contributed by atoms with Crippen LogP contribution in [0.25, 0.3) is 0 Å². The van der Waals surface area contributed by atoms with Crippen molar-refractivity contribution in [3.05, 3.63) is 35.4 Å². The van der Waals surface area contributed by atoms with E-state index in [0.717, 1.165) is 6.42 Å². The van der Waals surface area contributed by atoms with Crippen LogP contribution in [0, 0.1) is 24.2 Å². The summed E-state index contributed by atoms with van der Waals surface area (Å²) in [6.45, 7) is 4.14. The van der Waals surface area contributed by atoms with E-state index in [4.69, 9.17) is 5.26 Å². The number of hydrogen-bond acceptors (Lipinski definition) is 2. The summed E-state index contributed by atoms with van der Waals surface area (Å²) in [6, 6.07) is 10.7. The predicted octanol–water partition coefficient (Wildman–Crippen LogP) is 2.81. The molecular formula is C13H18N2. The highest BCUT2D eigenvalue weighted by molar-refractivity contribution is 5.30. The van der Waals surface area contributed by atoms with E-state index >= 15 is 0 Å². The van der Waals surface area contributed by atoms with Gasteiger partial charge in [0, 0.05) is 6.04 Å². The van der Waals surface area contributed by atoms with Crippen molar-refractivity contribution in [3.63, 3.8) is 0 Å². The van der Waals surface area contributed by atoms with E-state index in [9.17, 15) is 0 Å². The minimum Gasteiger partial charge on any atom is -0.312 e. The third-order valence-electron chi connectivity index (χ3n) is 2.84. The van der Waals surface area contributed by atoms with Gasteiger partial charge in [-0.1, -0.05) is 31.2 Å². The number of nitrogens with zero attached hydrogens (tertiary/aromatic N) is 1. The zero-order valence-electron chi connectivity index (χ0n) is 9.62. The van der Waals surface area contributed by atoms with Crippen LogP contribution >= 0.6 is 0 Å². The zero-order chi connectivity index (χ0) is 11.3. The van der Waals surface area contributed by atoms with Crippen molar-refractivity contribution in [3.8, 4) is 6.07 Å². The van der Waals surface area contributed by atoms with Crippen LogP contribution in [0.15, 0.2) is 24.3 Å². The van der Waals surface area contributed by atoms with Crippen LogP contribution in [-0.4, -0.2) is 7.05 Å². The predicted molar refractivity (Wildman–Crippen MR) is 62.4 cm³/mol. The fourth-order valence-electron chi connectivity index (χ4n) is 1.91.